The van der Waals surface area contributed by atoms with Crippen molar-refractivity contribution in [1.29, 1.82) is 0 Å². The van der Waals surface area contributed by atoms with Crippen LogP contribution in [-0.2, 0) is 11.3 Å². The molecule has 0 spiro atoms. The summed E-state index contributed by atoms with van der Waals surface area (Å²) in [6, 6.07) is 14.5. The Balaban J connectivity index is 1.90. The lowest BCUT2D eigenvalue weighted by Crippen LogP contribution is -2.31. The monoisotopic (exact) mass is 350 g/mol. The highest BCUT2D eigenvalue weighted by atomic mass is 16.4. The van der Waals surface area contributed by atoms with Crippen LogP contribution < -0.4 is 0 Å². The first-order valence-electron chi connectivity index (χ1n) is 9.22. The van der Waals surface area contributed by atoms with Gasteiger partial charge in [0.2, 0.25) is 0 Å². The molecule has 0 bridgehead atoms. The van der Waals surface area contributed by atoms with E-state index in [-0.39, 0.29) is 17.9 Å². The van der Waals surface area contributed by atoms with Crippen molar-refractivity contribution in [2.24, 2.45) is 11.8 Å². The van der Waals surface area contributed by atoms with E-state index in [4.69, 9.17) is 0 Å². The number of hydrogen-bond donors (Lipinski definition) is 1. The van der Waals surface area contributed by atoms with Gasteiger partial charge < -0.3 is 5.11 Å². The van der Waals surface area contributed by atoms with E-state index in [1.807, 2.05) is 49.5 Å². The first-order chi connectivity index (χ1) is 12.7. The summed E-state index contributed by atoms with van der Waals surface area (Å²) in [6.45, 7) is 3.63. The molecule has 0 aliphatic carbocycles. The van der Waals surface area contributed by atoms with Crippen molar-refractivity contribution in [1.82, 2.24) is 9.88 Å². The molecule has 0 saturated carbocycles. The molecule has 1 saturated heterocycles. The van der Waals surface area contributed by atoms with Gasteiger partial charge >= 0.3 is 5.97 Å². The number of nitrogens with zero attached hydrogens (tertiary/aromatic N) is 2. The number of carbonyl (C=O) groups is 1. The summed E-state index contributed by atoms with van der Waals surface area (Å²) in [5, 5.41) is 9.84. The van der Waals surface area contributed by atoms with Gasteiger partial charge in [0.1, 0.15) is 0 Å². The van der Waals surface area contributed by atoms with E-state index < -0.39 is 5.97 Å². The number of pyridine rings is 1. The number of aliphatic carboxylic acids is 1. The van der Waals surface area contributed by atoms with Crippen LogP contribution in [-0.4, -0.2) is 27.5 Å². The molecular weight excluding hydrogens is 324 g/mol. The van der Waals surface area contributed by atoms with Crippen molar-refractivity contribution >= 4 is 5.97 Å². The topological polar surface area (TPSA) is 53.4 Å². The fraction of sp³-hybridized carbons (Fsp3) is 0.364. The maximum atomic E-state index is 12.0. The third kappa shape index (κ3) is 4.20. The summed E-state index contributed by atoms with van der Waals surface area (Å²) in [4.78, 5) is 18.6. The van der Waals surface area contributed by atoms with Gasteiger partial charge in [-0.2, -0.15) is 0 Å². The maximum Gasteiger partial charge on any atom is 0.307 e. The van der Waals surface area contributed by atoms with Crippen LogP contribution in [0.2, 0.25) is 0 Å². The zero-order valence-electron chi connectivity index (χ0n) is 15.2. The van der Waals surface area contributed by atoms with Gasteiger partial charge in [0.15, 0.2) is 0 Å². The van der Waals surface area contributed by atoms with Crippen molar-refractivity contribution in [3.05, 3.63) is 78.1 Å². The van der Waals surface area contributed by atoms with Crippen molar-refractivity contribution < 1.29 is 9.90 Å². The zero-order chi connectivity index (χ0) is 18.4. The lowest BCUT2D eigenvalue weighted by molar-refractivity contribution is -0.144. The number of carboxylic acids is 1. The molecule has 1 N–H and O–H groups in total. The highest BCUT2D eigenvalue weighted by Crippen LogP contribution is 2.43. The second kappa shape index (κ2) is 8.77. The number of aromatic nitrogens is 1. The van der Waals surface area contributed by atoms with Crippen molar-refractivity contribution in [3.8, 4) is 0 Å². The van der Waals surface area contributed by atoms with Crippen LogP contribution in [0.5, 0.6) is 0 Å². The molecule has 2 heterocycles. The lowest BCUT2D eigenvalue weighted by Gasteiger charge is -2.31. The average Bonchev–Trinajstić information content (AvgIpc) is 3.06. The van der Waals surface area contributed by atoms with Gasteiger partial charge in [0.25, 0.3) is 0 Å². The molecule has 1 aliphatic heterocycles. The van der Waals surface area contributed by atoms with Gasteiger partial charge in [-0.1, -0.05) is 48.6 Å². The predicted octanol–water partition coefficient (Wildman–Crippen LogP) is 4.31. The molecule has 1 aliphatic rings. The molecule has 1 aromatic heterocycles. The van der Waals surface area contributed by atoms with E-state index in [1.54, 1.807) is 6.20 Å². The first kappa shape index (κ1) is 18.3. The van der Waals surface area contributed by atoms with Gasteiger partial charge in [0, 0.05) is 25.0 Å². The van der Waals surface area contributed by atoms with Crippen LogP contribution in [0.15, 0.2) is 67.0 Å². The highest BCUT2D eigenvalue weighted by Gasteiger charge is 2.41. The third-order valence-corrected chi connectivity index (χ3v) is 5.26. The Labute approximate surface area is 155 Å². The molecular formula is C22H26N2O2. The van der Waals surface area contributed by atoms with Gasteiger partial charge in [0.05, 0.1) is 5.92 Å². The van der Waals surface area contributed by atoms with E-state index in [0.29, 0.717) is 6.42 Å². The molecule has 0 radical (unpaired) electrons. The second-order valence-electron chi connectivity index (χ2n) is 6.89. The van der Waals surface area contributed by atoms with Crippen molar-refractivity contribution in [2.45, 2.75) is 32.4 Å². The average molecular weight is 350 g/mol. The molecule has 3 rings (SSSR count). The SMILES string of the molecule is C/C=C/CC(C(=O)O)C1CCN(Cc2cccnc2)C1c1ccccc1. The van der Waals surface area contributed by atoms with Gasteiger partial charge in [-0.25, -0.2) is 0 Å². The van der Waals surface area contributed by atoms with Gasteiger partial charge in [-0.05, 0) is 49.4 Å². The standard InChI is InChI=1S/C22H26N2O2/c1-2-3-11-20(22(25)26)19-12-14-24(16-17-8-7-13-23-15-17)21(19)18-9-5-4-6-10-18/h2-10,13,15,19-21H,11-12,14,16H2,1H3,(H,25,26)/b3-2+. The summed E-state index contributed by atoms with van der Waals surface area (Å²) in [6.07, 6.45) is 9.07. The number of hydrogen-bond acceptors (Lipinski definition) is 3. The molecule has 0 amide bonds. The smallest absolute Gasteiger partial charge is 0.307 e. The molecule has 3 atom stereocenters. The molecule has 136 valence electrons. The highest BCUT2D eigenvalue weighted by molar-refractivity contribution is 5.71. The Morgan fingerprint density at radius 2 is 2.12 bits per heavy atom. The van der Waals surface area contributed by atoms with E-state index in [1.165, 1.54) is 5.56 Å². The van der Waals surface area contributed by atoms with Crippen molar-refractivity contribution in [2.75, 3.05) is 6.54 Å². The van der Waals surface area contributed by atoms with E-state index >= 15 is 0 Å². The summed E-state index contributed by atoms with van der Waals surface area (Å²) < 4.78 is 0. The molecule has 4 nitrogen and oxygen atoms in total. The Bertz CT molecular complexity index is 730. The quantitative estimate of drug-likeness (QED) is 0.756. The Kier molecular flexibility index (Phi) is 6.18. The molecule has 26 heavy (non-hydrogen) atoms. The zero-order valence-corrected chi connectivity index (χ0v) is 15.2. The molecule has 1 fully saturated rings. The lowest BCUT2D eigenvalue weighted by atomic mass is 9.81. The van der Waals surface area contributed by atoms with Crippen LogP contribution in [0.1, 0.15) is 36.9 Å². The number of rotatable bonds is 7. The molecule has 2 aromatic rings. The number of allylic oxidation sites excluding steroid dienone is 2. The fourth-order valence-corrected chi connectivity index (χ4v) is 4.06. The minimum Gasteiger partial charge on any atom is -0.481 e. The largest absolute Gasteiger partial charge is 0.481 e. The second-order valence-corrected chi connectivity index (χ2v) is 6.89. The number of benzene rings is 1. The third-order valence-electron chi connectivity index (χ3n) is 5.26. The Morgan fingerprint density at radius 1 is 1.31 bits per heavy atom. The first-order valence-corrected chi connectivity index (χ1v) is 9.22. The van der Waals surface area contributed by atoms with Crippen LogP contribution in [0.3, 0.4) is 0 Å². The summed E-state index contributed by atoms with van der Waals surface area (Å²) in [5.74, 6) is -0.963. The Morgan fingerprint density at radius 3 is 2.77 bits per heavy atom. The van der Waals surface area contributed by atoms with Gasteiger partial charge in [-0.3, -0.25) is 14.7 Å². The van der Waals surface area contributed by atoms with Crippen LogP contribution in [0.25, 0.3) is 0 Å². The van der Waals surface area contributed by atoms with E-state index in [9.17, 15) is 9.90 Å². The van der Waals surface area contributed by atoms with Gasteiger partial charge in [-0.15, -0.1) is 0 Å². The minimum absolute atomic E-state index is 0.0998. The normalized spacial score (nSPS) is 21.9. The van der Waals surface area contributed by atoms with Crippen LogP contribution >= 0.6 is 0 Å². The number of likely N-dealkylation sites (tertiary alicyclic amines) is 1. The fourth-order valence-electron chi connectivity index (χ4n) is 4.06. The van der Waals surface area contributed by atoms with Crippen LogP contribution in [0, 0.1) is 11.8 Å². The predicted molar refractivity (Wildman–Crippen MR) is 102 cm³/mol. The maximum absolute atomic E-state index is 12.0. The summed E-state index contributed by atoms with van der Waals surface area (Å²) in [5.41, 5.74) is 2.36. The molecule has 1 aromatic carbocycles. The van der Waals surface area contributed by atoms with E-state index in [2.05, 4.69) is 28.1 Å². The van der Waals surface area contributed by atoms with E-state index in [0.717, 1.165) is 25.1 Å². The molecule has 4 heteroatoms. The summed E-state index contributed by atoms with van der Waals surface area (Å²) >= 11 is 0. The Hall–Kier alpha value is -2.46. The minimum atomic E-state index is -0.697. The molecule has 3 unspecified atom stereocenters. The van der Waals surface area contributed by atoms with Crippen LogP contribution in [0.4, 0.5) is 0 Å². The summed E-state index contributed by atoms with van der Waals surface area (Å²) in [7, 11) is 0. The number of carboxylic acid groups (broad SMARTS) is 1. The van der Waals surface area contributed by atoms with Crippen molar-refractivity contribution in [3.63, 3.8) is 0 Å².